The SMILES string of the molecule is O=C(CCNC(=O)NC12CC3CC(CC(C3)C1)C2)NCC1=CCNCC1. The molecule has 0 aromatic heterocycles. The Labute approximate surface area is 155 Å². The van der Waals surface area contributed by atoms with Crippen molar-refractivity contribution in [3.05, 3.63) is 11.6 Å². The molecular formula is C20H32N4O2. The predicted molar refractivity (Wildman–Crippen MR) is 101 cm³/mol. The molecule has 0 spiro atoms. The first-order valence-corrected chi connectivity index (χ1v) is 10.3. The Hall–Kier alpha value is -1.56. The van der Waals surface area contributed by atoms with Gasteiger partial charge in [-0.3, -0.25) is 4.79 Å². The molecule has 1 aliphatic heterocycles. The van der Waals surface area contributed by atoms with E-state index in [1.54, 1.807) is 0 Å². The van der Waals surface area contributed by atoms with E-state index in [9.17, 15) is 9.59 Å². The Kier molecular flexibility index (Phi) is 5.20. The van der Waals surface area contributed by atoms with Crippen LogP contribution >= 0.6 is 0 Å². The highest BCUT2D eigenvalue weighted by Crippen LogP contribution is 2.55. The van der Waals surface area contributed by atoms with Crippen LogP contribution in [0.25, 0.3) is 0 Å². The molecule has 5 aliphatic rings. The predicted octanol–water partition coefficient (Wildman–Crippen LogP) is 1.68. The molecule has 5 rings (SSSR count). The van der Waals surface area contributed by atoms with Crippen LogP contribution in [-0.4, -0.2) is 43.7 Å². The van der Waals surface area contributed by atoms with Gasteiger partial charge in [-0.15, -0.1) is 0 Å². The van der Waals surface area contributed by atoms with Crippen LogP contribution in [0.5, 0.6) is 0 Å². The summed E-state index contributed by atoms with van der Waals surface area (Å²) in [7, 11) is 0. The van der Waals surface area contributed by atoms with Crippen molar-refractivity contribution in [3.63, 3.8) is 0 Å². The Morgan fingerprint density at radius 1 is 1.08 bits per heavy atom. The van der Waals surface area contributed by atoms with E-state index in [4.69, 9.17) is 0 Å². The molecule has 6 heteroatoms. The standard InChI is InChI=1S/C20H32N4O2/c25-18(23-13-14-1-4-21-5-2-14)3-6-22-19(26)24-20-10-15-7-16(11-20)9-17(8-15)12-20/h1,15-17,21H,2-13H2,(H,23,25)(H2,22,24,26). The number of rotatable bonds is 6. The lowest BCUT2D eigenvalue weighted by Crippen LogP contribution is -2.61. The summed E-state index contributed by atoms with van der Waals surface area (Å²) < 4.78 is 0. The number of carbonyl (C=O) groups is 2. The van der Waals surface area contributed by atoms with Crippen molar-refractivity contribution in [3.8, 4) is 0 Å². The van der Waals surface area contributed by atoms with Crippen molar-refractivity contribution in [1.82, 2.24) is 21.3 Å². The van der Waals surface area contributed by atoms with Gasteiger partial charge in [0.25, 0.3) is 0 Å². The highest BCUT2D eigenvalue weighted by atomic mass is 16.2. The first kappa shape index (κ1) is 17.8. The van der Waals surface area contributed by atoms with Crippen LogP contribution in [-0.2, 0) is 4.79 Å². The summed E-state index contributed by atoms with van der Waals surface area (Å²) in [6, 6.07) is -0.0965. The molecule has 0 atom stereocenters. The number of urea groups is 1. The first-order valence-electron chi connectivity index (χ1n) is 10.3. The molecule has 4 bridgehead atoms. The third-order valence-corrected chi connectivity index (χ3v) is 6.73. The van der Waals surface area contributed by atoms with Crippen molar-refractivity contribution < 1.29 is 9.59 Å². The topological polar surface area (TPSA) is 82.3 Å². The molecule has 4 aliphatic carbocycles. The molecule has 144 valence electrons. The first-order chi connectivity index (χ1) is 12.6. The van der Waals surface area contributed by atoms with Gasteiger partial charge in [-0.25, -0.2) is 4.79 Å². The lowest BCUT2D eigenvalue weighted by Gasteiger charge is -2.56. The maximum Gasteiger partial charge on any atom is 0.315 e. The van der Waals surface area contributed by atoms with Crippen LogP contribution in [0.2, 0.25) is 0 Å². The second kappa shape index (κ2) is 7.59. The molecule has 0 radical (unpaired) electrons. The number of nitrogens with one attached hydrogen (secondary N) is 4. The van der Waals surface area contributed by atoms with Gasteiger partial charge in [0.2, 0.25) is 5.91 Å². The molecule has 6 nitrogen and oxygen atoms in total. The Morgan fingerprint density at radius 3 is 2.38 bits per heavy atom. The summed E-state index contributed by atoms with van der Waals surface area (Å²) in [5.74, 6) is 2.45. The fourth-order valence-corrected chi connectivity index (χ4v) is 5.97. The summed E-state index contributed by atoms with van der Waals surface area (Å²) in [5, 5.41) is 12.4. The number of amides is 3. The highest BCUT2D eigenvalue weighted by molar-refractivity contribution is 5.78. The van der Waals surface area contributed by atoms with Gasteiger partial charge < -0.3 is 21.3 Å². The Morgan fingerprint density at radius 2 is 1.77 bits per heavy atom. The minimum atomic E-state index is -0.0965. The summed E-state index contributed by atoms with van der Waals surface area (Å²) in [4.78, 5) is 24.3. The van der Waals surface area contributed by atoms with Gasteiger partial charge in [0.05, 0.1) is 0 Å². The van der Waals surface area contributed by atoms with Gasteiger partial charge >= 0.3 is 6.03 Å². The van der Waals surface area contributed by atoms with Gasteiger partial charge in [-0.2, -0.15) is 0 Å². The number of carbonyl (C=O) groups excluding carboxylic acids is 2. The van der Waals surface area contributed by atoms with E-state index in [2.05, 4.69) is 27.3 Å². The smallest absolute Gasteiger partial charge is 0.315 e. The van der Waals surface area contributed by atoms with Gasteiger partial charge in [0, 0.05) is 31.6 Å². The largest absolute Gasteiger partial charge is 0.352 e. The molecule has 4 fully saturated rings. The molecule has 26 heavy (non-hydrogen) atoms. The summed E-state index contributed by atoms with van der Waals surface area (Å²) >= 11 is 0. The van der Waals surface area contributed by atoms with E-state index in [-0.39, 0.29) is 17.5 Å². The van der Waals surface area contributed by atoms with E-state index >= 15 is 0 Å². The summed E-state index contributed by atoms with van der Waals surface area (Å²) in [6.45, 7) is 2.88. The van der Waals surface area contributed by atoms with Crippen molar-refractivity contribution in [2.75, 3.05) is 26.2 Å². The molecule has 0 aromatic rings. The Balaban J connectivity index is 1.15. The molecule has 0 unspecified atom stereocenters. The number of hydrogen-bond acceptors (Lipinski definition) is 3. The van der Waals surface area contributed by atoms with Crippen LogP contribution in [0.1, 0.15) is 51.4 Å². The van der Waals surface area contributed by atoms with Crippen LogP contribution in [0, 0.1) is 17.8 Å². The zero-order valence-electron chi connectivity index (χ0n) is 15.6. The quantitative estimate of drug-likeness (QED) is 0.544. The lowest BCUT2D eigenvalue weighted by atomic mass is 9.53. The summed E-state index contributed by atoms with van der Waals surface area (Å²) in [5.41, 5.74) is 1.31. The number of hydrogen-bond donors (Lipinski definition) is 4. The van der Waals surface area contributed by atoms with Crippen LogP contribution in [0.3, 0.4) is 0 Å². The molecule has 3 amide bonds. The van der Waals surface area contributed by atoms with Crippen molar-refractivity contribution >= 4 is 11.9 Å². The van der Waals surface area contributed by atoms with Crippen molar-refractivity contribution in [2.24, 2.45) is 17.8 Å². The fraction of sp³-hybridized carbons (Fsp3) is 0.800. The van der Waals surface area contributed by atoms with E-state index in [1.165, 1.54) is 24.8 Å². The van der Waals surface area contributed by atoms with Crippen molar-refractivity contribution in [1.29, 1.82) is 0 Å². The zero-order valence-corrected chi connectivity index (χ0v) is 15.6. The normalized spacial score (nSPS) is 34.9. The van der Waals surface area contributed by atoms with Gasteiger partial charge in [0.15, 0.2) is 0 Å². The molecule has 1 heterocycles. The third-order valence-electron chi connectivity index (χ3n) is 6.73. The monoisotopic (exact) mass is 360 g/mol. The maximum atomic E-state index is 12.3. The minimum absolute atomic E-state index is 0.000429. The molecule has 0 aromatic carbocycles. The van der Waals surface area contributed by atoms with E-state index in [0.717, 1.165) is 56.5 Å². The summed E-state index contributed by atoms with van der Waals surface area (Å²) in [6.07, 6.45) is 11.0. The van der Waals surface area contributed by atoms with Crippen LogP contribution < -0.4 is 21.3 Å². The van der Waals surface area contributed by atoms with Crippen LogP contribution in [0.4, 0.5) is 4.79 Å². The molecular weight excluding hydrogens is 328 g/mol. The molecule has 4 N–H and O–H groups in total. The Bertz CT molecular complexity index is 551. The second-order valence-corrected chi connectivity index (χ2v) is 8.92. The lowest BCUT2D eigenvalue weighted by molar-refractivity contribution is -0.120. The van der Waals surface area contributed by atoms with Gasteiger partial charge in [-0.1, -0.05) is 11.6 Å². The maximum absolute atomic E-state index is 12.3. The average Bonchev–Trinajstić information content (AvgIpc) is 2.59. The minimum Gasteiger partial charge on any atom is -0.352 e. The third kappa shape index (κ3) is 4.22. The van der Waals surface area contributed by atoms with Crippen molar-refractivity contribution in [2.45, 2.75) is 56.9 Å². The second-order valence-electron chi connectivity index (χ2n) is 8.92. The van der Waals surface area contributed by atoms with E-state index < -0.39 is 0 Å². The van der Waals surface area contributed by atoms with E-state index in [0.29, 0.717) is 19.5 Å². The van der Waals surface area contributed by atoms with E-state index in [1.807, 2.05) is 0 Å². The van der Waals surface area contributed by atoms with Crippen LogP contribution in [0.15, 0.2) is 11.6 Å². The molecule has 0 saturated heterocycles. The zero-order chi connectivity index (χ0) is 18.0. The van der Waals surface area contributed by atoms with Gasteiger partial charge in [-0.05, 0) is 69.2 Å². The van der Waals surface area contributed by atoms with Gasteiger partial charge in [0.1, 0.15) is 0 Å². The highest BCUT2D eigenvalue weighted by Gasteiger charge is 2.51. The average molecular weight is 361 g/mol. The molecule has 4 saturated carbocycles. The fourth-order valence-electron chi connectivity index (χ4n) is 5.97.